The zero-order valence-electron chi connectivity index (χ0n) is 6.03. The standard InChI is InChI=1S/C7H5ClN4/c8-6-4-10-12-7(11-6)5-2-1-3-9-5/h1-4,9H. The number of aromatic amines is 1. The average molecular weight is 181 g/mol. The molecule has 4 nitrogen and oxygen atoms in total. The Bertz CT molecular complexity index is 371. The van der Waals surface area contributed by atoms with Crippen LogP contribution in [0.25, 0.3) is 11.5 Å². The quantitative estimate of drug-likeness (QED) is 0.724. The lowest BCUT2D eigenvalue weighted by atomic mass is 10.4. The van der Waals surface area contributed by atoms with E-state index in [2.05, 4.69) is 20.2 Å². The molecular formula is C7H5ClN4. The summed E-state index contributed by atoms with van der Waals surface area (Å²) in [6.07, 6.45) is 3.19. The van der Waals surface area contributed by atoms with Crippen molar-refractivity contribution in [3.8, 4) is 11.5 Å². The Labute approximate surface area is 73.6 Å². The van der Waals surface area contributed by atoms with Crippen molar-refractivity contribution in [1.82, 2.24) is 20.2 Å². The molecule has 0 aliphatic heterocycles. The molecule has 0 atom stereocenters. The number of halogens is 1. The monoisotopic (exact) mass is 180 g/mol. The molecule has 0 spiro atoms. The van der Waals surface area contributed by atoms with Gasteiger partial charge in [-0.05, 0) is 12.1 Å². The molecule has 0 aliphatic carbocycles. The zero-order valence-corrected chi connectivity index (χ0v) is 6.78. The van der Waals surface area contributed by atoms with Gasteiger partial charge in [0.1, 0.15) is 0 Å². The first-order valence-corrected chi connectivity index (χ1v) is 3.73. The van der Waals surface area contributed by atoms with Crippen LogP contribution < -0.4 is 0 Å². The summed E-state index contributed by atoms with van der Waals surface area (Å²) in [6, 6.07) is 3.72. The summed E-state index contributed by atoms with van der Waals surface area (Å²) in [5.41, 5.74) is 0.810. The highest BCUT2D eigenvalue weighted by molar-refractivity contribution is 6.29. The number of nitrogens with zero attached hydrogens (tertiary/aromatic N) is 3. The molecular weight excluding hydrogens is 176 g/mol. The molecule has 1 N–H and O–H groups in total. The first kappa shape index (κ1) is 7.24. The normalized spacial score (nSPS) is 10.1. The topological polar surface area (TPSA) is 54.5 Å². The van der Waals surface area contributed by atoms with Gasteiger partial charge in [-0.25, -0.2) is 4.98 Å². The van der Waals surface area contributed by atoms with E-state index >= 15 is 0 Å². The molecule has 60 valence electrons. The van der Waals surface area contributed by atoms with E-state index in [-0.39, 0.29) is 0 Å². The van der Waals surface area contributed by atoms with E-state index in [4.69, 9.17) is 11.6 Å². The SMILES string of the molecule is Clc1cnnc(-c2ccc[nH]2)n1. The van der Waals surface area contributed by atoms with Gasteiger partial charge in [-0.3, -0.25) is 0 Å². The van der Waals surface area contributed by atoms with Gasteiger partial charge in [0, 0.05) is 6.20 Å². The Morgan fingerprint density at radius 1 is 1.42 bits per heavy atom. The highest BCUT2D eigenvalue weighted by atomic mass is 35.5. The van der Waals surface area contributed by atoms with Crippen molar-refractivity contribution < 1.29 is 0 Å². The first-order chi connectivity index (χ1) is 5.86. The van der Waals surface area contributed by atoms with Crippen LogP contribution in [0, 0.1) is 0 Å². The molecule has 0 amide bonds. The Morgan fingerprint density at radius 3 is 3.00 bits per heavy atom. The number of hydrogen-bond acceptors (Lipinski definition) is 3. The summed E-state index contributed by atoms with van der Waals surface area (Å²) in [5, 5.41) is 7.82. The lowest BCUT2D eigenvalue weighted by Crippen LogP contribution is -1.91. The van der Waals surface area contributed by atoms with Crippen molar-refractivity contribution in [3.05, 3.63) is 29.7 Å². The van der Waals surface area contributed by atoms with Crippen LogP contribution in [-0.2, 0) is 0 Å². The second-order valence-electron chi connectivity index (χ2n) is 2.19. The Morgan fingerprint density at radius 2 is 2.33 bits per heavy atom. The summed E-state index contributed by atoms with van der Waals surface area (Å²) in [5.74, 6) is 0.507. The Kier molecular flexibility index (Phi) is 1.75. The molecule has 0 saturated carbocycles. The largest absolute Gasteiger partial charge is 0.359 e. The molecule has 0 bridgehead atoms. The van der Waals surface area contributed by atoms with Gasteiger partial charge < -0.3 is 4.98 Å². The Hall–Kier alpha value is -1.42. The summed E-state index contributed by atoms with van der Waals surface area (Å²) in [4.78, 5) is 6.93. The zero-order chi connectivity index (χ0) is 8.39. The van der Waals surface area contributed by atoms with Gasteiger partial charge in [0.05, 0.1) is 11.9 Å². The van der Waals surface area contributed by atoms with E-state index < -0.39 is 0 Å². The summed E-state index contributed by atoms with van der Waals surface area (Å²) < 4.78 is 0. The van der Waals surface area contributed by atoms with Crippen LogP contribution in [0.2, 0.25) is 5.15 Å². The van der Waals surface area contributed by atoms with Crippen molar-refractivity contribution in [1.29, 1.82) is 0 Å². The predicted octanol–water partition coefficient (Wildman–Crippen LogP) is 1.52. The van der Waals surface area contributed by atoms with Crippen LogP contribution in [0.15, 0.2) is 24.5 Å². The van der Waals surface area contributed by atoms with Crippen molar-refractivity contribution >= 4 is 11.6 Å². The molecule has 0 saturated heterocycles. The lowest BCUT2D eigenvalue weighted by molar-refractivity contribution is 0.973. The van der Waals surface area contributed by atoms with Crippen molar-refractivity contribution in [2.75, 3.05) is 0 Å². The summed E-state index contributed by atoms with van der Waals surface area (Å²) in [7, 11) is 0. The molecule has 2 rings (SSSR count). The molecule has 5 heteroatoms. The van der Waals surface area contributed by atoms with Crippen molar-refractivity contribution in [3.63, 3.8) is 0 Å². The minimum atomic E-state index is 0.342. The molecule has 0 aliphatic rings. The van der Waals surface area contributed by atoms with Crippen LogP contribution in [0.5, 0.6) is 0 Å². The predicted molar refractivity (Wildman–Crippen MR) is 44.6 cm³/mol. The minimum Gasteiger partial charge on any atom is -0.359 e. The van der Waals surface area contributed by atoms with Gasteiger partial charge in [0.2, 0.25) is 0 Å². The number of H-pyrrole nitrogens is 1. The molecule has 0 radical (unpaired) electrons. The number of rotatable bonds is 1. The lowest BCUT2D eigenvalue weighted by Gasteiger charge is -1.93. The number of hydrogen-bond donors (Lipinski definition) is 1. The molecule has 12 heavy (non-hydrogen) atoms. The third-order valence-electron chi connectivity index (χ3n) is 1.37. The second-order valence-corrected chi connectivity index (χ2v) is 2.57. The molecule has 2 aromatic rings. The van der Waals surface area contributed by atoms with Crippen LogP contribution in [0.4, 0.5) is 0 Å². The van der Waals surface area contributed by atoms with Gasteiger partial charge in [0.25, 0.3) is 0 Å². The Balaban J connectivity index is 2.48. The summed E-state index contributed by atoms with van der Waals surface area (Å²) in [6.45, 7) is 0. The van der Waals surface area contributed by atoms with E-state index in [9.17, 15) is 0 Å². The highest BCUT2D eigenvalue weighted by Crippen LogP contribution is 2.11. The number of nitrogens with one attached hydrogen (secondary N) is 1. The van der Waals surface area contributed by atoms with Gasteiger partial charge in [-0.15, -0.1) is 5.10 Å². The van der Waals surface area contributed by atoms with Crippen LogP contribution in [0.3, 0.4) is 0 Å². The number of aromatic nitrogens is 4. The third-order valence-corrected chi connectivity index (χ3v) is 1.55. The fraction of sp³-hybridized carbons (Fsp3) is 0. The molecule has 0 fully saturated rings. The van der Waals surface area contributed by atoms with E-state index in [0.717, 1.165) is 5.69 Å². The van der Waals surface area contributed by atoms with Gasteiger partial charge in [-0.1, -0.05) is 11.6 Å². The van der Waals surface area contributed by atoms with E-state index in [1.165, 1.54) is 6.20 Å². The summed E-state index contributed by atoms with van der Waals surface area (Å²) >= 11 is 5.63. The maximum absolute atomic E-state index is 5.63. The fourth-order valence-corrected chi connectivity index (χ4v) is 0.991. The molecule has 2 heterocycles. The smallest absolute Gasteiger partial charge is 0.199 e. The van der Waals surface area contributed by atoms with Gasteiger partial charge in [0.15, 0.2) is 11.0 Å². The van der Waals surface area contributed by atoms with Crippen LogP contribution in [0.1, 0.15) is 0 Å². The van der Waals surface area contributed by atoms with E-state index in [0.29, 0.717) is 11.0 Å². The maximum atomic E-state index is 5.63. The highest BCUT2D eigenvalue weighted by Gasteiger charge is 2.01. The maximum Gasteiger partial charge on any atom is 0.199 e. The molecule has 2 aromatic heterocycles. The van der Waals surface area contributed by atoms with Gasteiger partial charge in [-0.2, -0.15) is 5.10 Å². The van der Waals surface area contributed by atoms with Crippen molar-refractivity contribution in [2.45, 2.75) is 0 Å². The van der Waals surface area contributed by atoms with Crippen LogP contribution >= 0.6 is 11.6 Å². The van der Waals surface area contributed by atoms with E-state index in [1.54, 1.807) is 6.20 Å². The second kappa shape index (κ2) is 2.91. The third kappa shape index (κ3) is 1.29. The first-order valence-electron chi connectivity index (χ1n) is 3.35. The molecule has 0 unspecified atom stereocenters. The fourth-order valence-electron chi connectivity index (χ4n) is 0.867. The average Bonchev–Trinajstić information content (AvgIpc) is 2.56. The van der Waals surface area contributed by atoms with Crippen LogP contribution in [-0.4, -0.2) is 20.2 Å². The van der Waals surface area contributed by atoms with Crippen molar-refractivity contribution in [2.24, 2.45) is 0 Å². The minimum absolute atomic E-state index is 0.342. The van der Waals surface area contributed by atoms with E-state index in [1.807, 2.05) is 12.1 Å². The van der Waals surface area contributed by atoms with Gasteiger partial charge >= 0.3 is 0 Å². The molecule has 0 aromatic carbocycles.